The first-order valence-corrected chi connectivity index (χ1v) is 8.17. The molecule has 0 aliphatic heterocycles. The lowest BCUT2D eigenvalue weighted by atomic mass is 9.71. The lowest BCUT2D eigenvalue weighted by Crippen LogP contribution is -2.51. The number of thiazole rings is 1. The maximum absolute atomic E-state index is 14.0. The van der Waals surface area contributed by atoms with Gasteiger partial charge in [0.1, 0.15) is 11.6 Å². The summed E-state index contributed by atoms with van der Waals surface area (Å²) in [6, 6.07) is 3.54. The topological polar surface area (TPSA) is 42.0 Å². The minimum atomic E-state index is -0.684. The van der Waals surface area contributed by atoms with Crippen LogP contribution in [-0.2, 0) is 16.8 Å². The van der Waals surface area contributed by atoms with Crippen LogP contribution in [0.1, 0.15) is 36.9 Å². The van der Waals surface area contributed by atoms with Crippen LogP contribution in [0, 0.1) is 11.6 Å². The lowest BCUT2D eigenvalue weighted by Gasteiger charge is -2.43. The molecule has 6 heteroatoms. The molecule has 0 saturated heterocycles. The number of hydrogen-bond donors (Lipinski definition) is 1. The molecule has 1 aromatic carbocycles. The van der Waals surface area contributed by atoms with E-state index >= 15 is 0 Å². The van der Waals surface area contributed by atoms with Gasteiger partial charge in [-0.2, -0.15) is 0 Å². The van der Waals surface area contributed by atoms with Crippen LogP contribution >= 0.6 is 11.3 Å². The Kier molecular flexibility index (Phi) is 4.20. The summed E-state index contributed by atoms with van der Waals surface area (Å²) in [5.74, 6) is -1.33. The van der Waals surface area contributed by atoms with Crippen molar-refractivity contribution in [3.63, 3.8) is 0 Å². The van der Waals surface area contributed by atoms with E-state index in [1.165, 1.54) is 23.5 Å². The van der Waals surface area contributed by atoms with Crippen molar-refractivity contribution in [2.75, 3.05) is 0 Å². The summed E-state index contributed by atoms with van der Waals surface area (Å²) in [5.41, 5.74) is 2.31. The fourth-order valence-corrected chi connectivity index (χ4v) is 3.39. The highest BCUT2D eigenvalue weighted by molar-refractivity contribution is 7.07. The van der Waals surface area contributed by atoms with Crippen LogP contribution < -0.4 is 5.32 Å². The molecule has 0 atom stereocenters. The zero-order chi connectivity index (χ0) is 15.6. The second-order valence-corrected chi connectivity index (χ2v) is 6.31. The molecule has 0 radical (unpaired) electrons. The molecule has 0 bridgehead atoms. The standard InChI is InChI=1S/C16H16F2N2OS/c17-11-2-4-13(14(18)8-11)16(6-1-7-16)20-15(21)5-3-12-9-22-10-19-12/h2,4,8-10H,1,3,5-7H2,(H,20,21). The molecule has 1 amide bonds. The summed E-state index contributed by atoms with van der Waals surface area (Å²) in [6.45, 7) is 0. The molecular formula is C16H16F2N2OS. The van der Waals surface area contributed by atoms with E-state index < -0.39 is 17.2 Å². The molecule has 116 valence electrons. The largest absolute Gasteiger partial charge is 0.346 e. The number of halogens is 2. The molecule has 3 rings (SSSR count). The third-order valence-corrected chi connectivity index (χ3v) is 4.76. The van der Waals surface area contributed by atoms with Gasteiger partial charge in [-0.15, -0.1) is 11.3 Å². The van der Waals surface area contributed by atoms with Crippen molar-refractivity contribution in [2.45, 2.75) is 37.6 Å². The third kappa shape index (κ3) is 3.02. The number of nitrogens with one attached hydrogen (secondary N) is 1. The van der Waals surface area contributed by atoms with Crippen molar-refractivity contribution in [2.24, 2.45) is 0 Å². The first-order valence-electron chi connectivity index (χ1n) is 7.23. The molecule has 1 fully saturated rings. The molecule has 0 spiro atoms. The Morgan fingerprint density at radius 2 is 2.18 bits per heavy atom. The van der Waals surface area contributed by atoms with Gasteiger partial charge in [0.05, 0.1) is 16.7 Å². The van der Waals surface area contributed by atoms with Gasteiger partial charge in [0.25, 0.3) is 0 Å². The van der Waals surface area contributed by atoms with Gasteiger partial charge in [0.15, 0.2) is 0 Å². The Hall–Kier alpha value is -1.82. The minimum absolute atomic E-state index is 0.128. The van der Waals surface area contributed by atoms with Gasteiger partial charge in [-0.1, -0.05) is 6.07 Å². The predicted molar refractivity (Wildman–Crippen MR) is 80.5 cm³/mol. The Morgan fingerprint density at radius 3 is 2.77 bits per heavy atom. The van der Waals surface area contributed by atoms with Gasteiger partial charge in [-0.25, -0.2) is 13.8 Å². The summed E-state index contributed by atoms with van der Waals surface area (Å²) in [7, 11) is 0. The quantitative estimate of drug-likeness (QED) is 0.915. The van der Waals surface area contributed by atoms with Gasteiger partial charge in [-0.3, -0.25) is 4.79 Å². The van der Waals surface area contributed by atoms with E-state index in [0.717, 1.165) is 18.2 Å². The minimum Gasteiger partial charge on any atom is -0.346 e. The monoisotopic (exact) mass is 322 g/mol. The number of aromatic nitrogens is 1. The molecule has 22 heavy (non-hydrogen) atoms. The van der Waals surface area contributed by atoms with Gasteiger partial charge in [0, 0.05) is 23.4 Å². The molecule has 3 nitrogen and oxygen atoms in total. The van der Waals surface area contributed by atoms with Crippen LogP contribution in [0.3, 0.4) is 0 Å². The second kappa shape index (κ2) is 6.12. The van der Waals surface area contributed by atoms with Crippen LogP contribution in [0.15, 0.2) is 29.1 Å². The summed E-state index contributed by atoms with van der Waals surface area (Å²) in [6.07, 6.45) is 3.16. The van der Waals surface area contributed by atoms with Crippen LogP contribution in [0.5, 0.6) is 0 Å². The highest BCUT2D eigenvalue weighted by Gasteiger charge is 2.41. The van der Waals surface area contributed by atoms with Crippen molar-refractivity contribution in [3.8, 4) is 0 Å². The Balaban J connectivity index is 1.69. The summed E-state index contributed by atoms with van der Waals surface area (Å²) >= 11 is 1.49. The summed E-state index contributed by atoms with van der Waals surface area (Å²) in [4.78, 5) is 16.3. The Bertz CT molecular complexity index is 669. The maximum Gasteiger partial charge on any atom is 0.221 e. The van der Waals surface area contributed by atoms with Gasteiger partial charge >= 0.3 is 0 Å². The molecule has 1 heterocycles. The number of rotatable bonds is 5. The molecule has 0 unspecified atom stereocenters. The van der Waals surface area contributed by atoms with E-state index in [-0.39, 0.29) is 5.91 Å². The smallest absolute Gasteiger partial charge is 0.221 e. The molecule has 1 aliphatic rings. The number of benzene rings is 1. The number of hydrogen-bond acceptors (Lipinski definition) is 3. The van der Waals surface area contributed by atoms with E-state index in [1.54, 1.807) is 5.51 Å². The number of nitrogens with zero attached hydrogens (tertiary/aromatic N) is 1. The molecule has 1 aliphatic carbocycles. The van der Waals surface area contributed by atoms with Crippen LogP contribution in [0.4, 0.5) is 8.78 Å². The Morgan fingerprint density at radius 1 is 1.36 bits per heavy atom. The maximum atomic E-state index is 14.0. The molecular weight excluding hydrogens is 306 g/mol. The lowest BCUT2D eigenvalue weighted by molar-refractivity contribution is -0.124. The van der Waals surface area contributed by atoms with Crippen LogP contribution in [0.25, 0.3) is 0 Å². The SMILES string of the molecule is O=C(CCc1cscn1)NC1(c2ccc(F)cc2F)CCC1. The van der Waals surface area contributed by atoms with E-state index in [0.29, 0.717) is 31.2 Å². The van der Waals surface area contributed by atoms with Gasteiger partial charge in [-0.05, 0) is 31.7 Å². The van der Waals surface area contributed by atoms with Gasteiger partial charge in [0.2, 0.25) is 5.91 Å². The van der Waals surface area contributed by atoms with Crippen LogP contribution in [0.2, 0.25) is 0 Å². The van der Waals surface area contributed by atoms with Gasteiger partial charge < -0.3 is 5.32 Å². The fourth-order valence-electron chi connectivity index (χ4n) is 2.80. The molecule has 1 N–H and O–H groups in total. The van der Waals surface area contributed by atoms with E-state index in [1.807, 2.05) is 5.38 Å². The van der Waals surface area contributed by atoms with Crippen LogP contribution in [-0.4, -0.2) is 10.9 Å². The highest BCUT2D eigenvalue weighted by atomic mass is 32.1. The molecule has 1 saturated carbocycles. The van der Waals surface area contributed by atoms with E-state index in [4.69, 9.17) is 0 Å². The molecule has 2 aromatic rings. The number of carbonyl (C=O) groups excluding carboxylic acids is 1. The predicted octanol–water partition coefficient (Wildman–Crippen LogP) is 3.55. The second-order valence-electron chi connectivity index (χ2n) is 5.59. The highest BCUT2D eigenvalue weighted by Crippen LogP contribution is 2.42. The zero-order valence-corrected chi connectivity index (χ0v) is 12.8. The summed E-state index contributed by atoms with van der Waals surface area (Å²) < 4.78 is 27.1. The van der Waals surface area contributed by atoms with E-state index in [9.17, 15) is 13.6 Å². The average molecular weight is 322 g/mol. The van der Waals surface area contributed by atoms with Crippen molar-refractivity contribution < 1.29 is 13.6 Å². The number of aryl methyl sites for hydroxylation is 1. The number of carbonyl (C=O) groups is 1. The third-order valence-electron chi connectivity index (χ3n) is 4.12. The molecule has 1 aromatic heterocycles. The number of amides is 1. The first-order chi connectivity index (χ1) is 10.6. The van der Waals surface area contributed by atoms with Crippen molar-refractivity contribution >= 4 is 17.2 Å². The average Bonchev–Trinajstić information content (AvgIpc) is 2.94. The summed E-state index contributed by atoms with van der Waals surface area (Å²) in [5, 5.41) is 4.85. The zero-order valence-electron chi connectivity index (χ0n) is 11.9. The van der Waals surface area contributed by atoms with Crippen molar-refractivity contribution in [1.29, 1.82) is 0 Å². The fraction of sp³-hybridized carbons (Fsp3) is 0.375. The first kappa shape index (κ1) is 15.1. The Labute approximate surface area is 131 Å². The van der Waals surface area contributed by atoms with Crippen molar-refractivity contribution in [3.05, 3.63) is 52.0 Å². The normalized spacial score (nSPS) is 16.1. The van der Waals surface area contributed by atoms with Crippen molar-refractivity contribution in [1.82, 2.24) is 10.3 Å². The van der Waals surface area contributed by atoms with E-state index in [2.05, 4.69) is 10.3 Å².